The maximum atomic E-state index is 5.90. The van der Waals surface area contributed by atoms with Gasteiger partial charge < -0.3 is 14.6 Å². The standard InChI is InChI=1S/C16H22N4O/c1-12(13-3-6-17-7-4-13)19-11-14-5-10-21-15(14)16-18-8-9-20(16)2/h3-4,6-9,12,14-15,19H,5,10-11H2,1-2H3/t12?,14-,15+/m0/s1. The third kappa shape index (κ3) is 3.14. The topological polar surface area (TPSA) is 52.0 Å². The summed E-state index contributed by atoms with van der Waals surface area (Å²) >= 11 is 0. The second kappa shape index (κ2) is 6.37. The molecule has 1 aliphatic heterocycles. The molecule has 3 atom stereocenters. The van der Waals surface area contributed by atoms with Gasteiger partial charge in [0.15, 0.2) is 0 Å². The van der Waals surface area contributed by atoms with Crippen molar-refractivity contribution in [2.45, 2.75) is 25.5 Å². The Morgan fingerprint density at radius 3 is 2.90 bits per heavy atom. The highest BCUT2D eigenvalue weighted by molar-refractivity contribution is 5.14. The van der Waals surface area contributed by atoms with Crippen LogP contribution in [0.2, 0.25) is 0 Å². The van der Waals surface area contributed by atoms with Gasteiger partial charge in [0.25, 0.3) is 0 Å². The molecule has 0 spiro atoms. The van der Waals surface area contributed by atoms with Crippen LogP contribution >= 0.6 is 0 Å². The largest absolute Gasteiger partial charge is 0.370 e. The zero-order chi connectivity index (χ0) is 14.7. The van der Waals surface area contributed by atoms with Crippen molar-refractivity contribution in [1.82, 2.24) is 19.9 Å². The average molecular weight is 286 g/mol. The van der Waals surface area contributed by atoms with E-state index in [1.807, 2.05) is 31.8 Å². The molecule has 112 valence electrons. The number of nitrogens with one attached hydrogen (secondary N) is 1. The SMILES string of the molecule is CC(NC[C@@H]1CCO[C@H]1c1nccn1C)c1ccncc1. The van der Waals surface area contributed by atoms with Gasteiger partial charge in [-0.1, -0.05) is 0 Å². The summed E-state index contributed by atoms with van der Waals surface area (Å²) in [5.41, 5.74) is 1.26. The lowest BCUT2D eigenvalue weighted by Gasteiger charge is -2.21. The summed E-state index contributed by atoms with van der Waals surface area (Å²) in [5, 5.41) is 3.61. The molecule has 5 nitrogen and oxygen atoms in total. The fourth-order valence-electron chi connectivity index (χ4n) is 2.88. The lowest BCUT2D eigenvalue weighted by Crippen LogP contribution is -2.28. The van der Waals surface area contributed by atoms with Crippen LogP contribution in [0.1, 0.15) is 36.9 Å². The molecule has 2 aromatic rings. The van der Waals surface area contributed by atoms with Gasteiger partial charge in [0, 0.05) is 56.9 Å². The minimum atomic E-state index is 0.0992. The molecular weight excluding hydrogens is 264 g/mol. The number of hydrogen-bond acceptors (Lipinski definition) is 4. The lowest BCUT2D eigenvalue weighted by molar-refractivity contribution is 0.0806. The van der Waals surface area contributed by atoms with E-state index in [4.69, 9.17) is 4.74 Å². The Labute approximate surface area is 125 Å². The van der Waals surface area contributed by atoms with Crippen molar-refractivity contribution in [3.63, 3.8) is 0 Å². The molecule has 1 unspecified atom stereocenters. The summed E-state index contributed by atoms with van der Waals surface area (Å²) in [6.45, 7) is 3.93. The molecule has 0 saturated carbocycles. The van der Waals surface area contributed by atoms with E-state index in [0.717, 1.165) is 25.4 Å². The Bertz CT molecular complexity index is 569. The summed E-state index contributed by atoms with van der Waals surface area (Å²) in [4.78, 5) is 8.50. The van der Waals surface area contributed by atoms with Gasteiger partial charge in [0.2, 0.25) is 0 Å². The van der Waals surface area contributed by atoms with Gasteiger partial charge in [-0.05, 0) is 31.0 Å². The van der Waals surface area contributed by atoms with Crippen molar-refractivity contribution in [2.75, 3.05) is 13.2 Å². The van der Waals surface area contributed by atoms with E-state index in [2.05, 4.69) is 38.9 Å². The summed E-state index contributed by atoms with van der Waals surface area (Å²) in [6, 6.07) is 4.42. The second-order valence-corrected chi connectivity index (χ2v) is 5.65. The number of hydrogen-bond donors (Lipinski definition) is 1. The van der Waals surface area contributed by atoms with Gasteiger partial charge in [-0.25, -0.2) is 4.98 Å². The molecule has 5 heteroatoms. The molecule has 0 aromatic carbocycles. The lowest BCUT2D eigenvalue weighted by atomic mass is 10.00. The number of pyridine rings is 1. The van der Waals surface area contributed by atoms with Gasteiger partial charge in [0.1, 0.15) is 11.9 Å². The molecular formula is C16H22N4O. The highest BCUT2D eigenvalue weighted by atomic mass is 16.5. The van der Waals surface area contributed by atoms with Crippen LogP contribution in [0.15, 0.2) is 36.9 Å². The minimum absolute atomic E-state index is 0.0992. The van der Waals surface area contributed by atoms with E-state index < -0.39 is 0 Å². The quantitative estimate of drug-likeness (QED) is 0.916. The van der Waals surface area contributed by atoms with E-state index >= 15 is 0 Å². The molecule has 21 heavy (non-hydrogen) atoms. The van der Waals surface area contributed by atoms with Crippen molar-refractivity contribution in [3.05, 3.63) is 48.3 Å². The molecule has 2 aromatic heterocycles. The predicted octanol–water partition coefficient (Wildman–Crippen LogP) is 2.24. The molecule has 1 fully saturated rings. The number of aryl methyl sites for hydroxylation is 1. The van der Waals surface area contributed by atoms with Crippen LogP contribution in [-0.4, -0.2) is 27.7 Å². The third-order valence-electron chi connectivity index (χ3n) is 4.22. The maximum absolute atomic E-state index is 5.90. The van der Waals surface area contributed by atoms with E-state index in [-0.39, 0.29) is 6.10 Å². The Kier molecular flexibility index (Phi) is 4.31. The first-order valence-electron chi connectivity index (χ1n) is 7.48. The van der Waals surface area contributed by atoms with Gasteiger partial charge in [-0.15, -0.1) is 0 Å². The van der Waals surface area contributed by atoms with Gasteiger partial charge in [-0.2, -0.15) is 0 Å². The fraction of sp³-hybridized carbons (Fsp3) is 0.500. The van der Waals surface area contributed by atoms with Crippen molar-refractivity contribution in [3.8, 4) is 0 Å². The Morgan fingerprint density at radius 1 is 1.38 bits per heavy atom. The smallest absolute Gasteiger partial charge is 0.137 e. The Hall–Kier alpha value is -1.72. The minimum Gasteiger partial charge on any atom is -0.370 e. The van der Waals surface area contributed by atoms with Crippen LogP contribution in [0.5, 0.6) is 0 Å². The van der Waals surface area contributed by atoms with E-state index in [9.17, 15) is 0 Å². The monoisotopic (exact) mass is 286 g/mol. The zero-order valence-corrected chi connectivity index (χ0v) is 12.6. The van der Waals surface area contributed by atoms with Crippen molar-refractivity contribution in [1.29, 1.82) is 0 Å². The highest BCUT2D eigenvalue weighted by Crippen LogP contribution is 2.33. The first-order valence-corrected chi connectivity index (χ1v) is 7.48. The van der Waals surface area contributed by atoms with Crippen LogP contribution in [0, 0.1) is 5.92 Å². The van der Waals surface area contributed by atoms with Gasteiger partial charge >= 0.3 is 0 Å². The zero-order valence-electron chi connectivity index (χ0n) is 12.6. The molecule has 0 amide bonds. The average Bonchev–Trinajstić information content (AvgIpc) is 3.13. The van der Waals surface area contributed by atoms with Crippen molar-refractivity contribution in [2.24, 2.45) is 13.0 Å². The normalized spacial score (nSPS) is 23.3. The maximum Gasteiger partial charge on any atom is 0.137 e. The van der Waals surface area contributed by atoms with Crippen LogP contribution in [0.4, 0.5) is 0 Å². The molecule has 3 heterocycles. The number of aromatic nitrogens is 3. The van der Waals surface area contributed by atoms with Crippen LogP contribution in [0.3, 0.4) is 0 Å². The first kappa shape index (κ1) is 14.2. The summed E-state index contributed by atoms with van der Waals surface area (Å²) < 4.78 is 7.95. The number of rotatable bonds is 5. The summed E-state index contributed by atoms with van der Waals surface area (Å²) in [5.74, 6) is 1.49. The van der Waals surface area contributed by atoms with Crippen molar-refractivity contribution < 1.29 is 4.74 Å². The molecule has 3 rings (SSSR count). The highest BCUT2D eigenvalue weighted by Gasteiger charge is 2.32. The summed E-state index contributed by atoms with van der Waals surface area (Å²) in [7, 11) is 2.02. The Morgan fingerprint density at radius 2 is 2.19 bits per heavy atom. The molecule has 0 radical (unpaired) electrons. The predicted molar refractivity (Wildman–Crippen MR) is 80.7 cm³/mol. The van der Waals surface area contributed by atoms with Crippen LogP contribution < -0.4 is 5.32 Å². The van der Waals surface area contributed by atoms with E-state index in [1.165, 1.54) is 5.56 Å². The van der Waals surface area contributed by atoms with Crippen molar-refractivity contribution >= 4 is 0 Å². The second-order valence-electron chi connectivity index (χ2n) is 5.65. The van der Waals surface area contributed by atoms with Gasteiger partial charge in [-0.3, -0.25) is 4.98 Å². The molecule has 0 aliphatic carbocycles. The number of ether oxygens (including phenoxy) is 1. The first-order chi connectivity index (χ1) is 10.3. The van der Waals surface area contributed by atoms with E-state index in [1.54, 1.807) is 0 Å². The van der Waals surface area contributed by atoms with Gasteiger partial charge in [0.05, 0.1) is 0 Å². The fourth-order valence-corrected chi connectivity index (χ4v) is 2.88. The summed E-state index contributed by atoms with van der Waals surface area (Å²) in [6.07, 6.45) is 8.66. The molecule has 1 saturated heterocycles. The van der Waals surface area contributed by atoms with Crippen LogP contribution in [0.25, 0.3) is 0 Å². The number of nitrogens with zero attached hydrogens (tertiary/aromatic N) is 3. The molecule has 0 bridgehead atoms. The molecule has 1 N–H and O–H groups in total. The molecule has 1 aliphatic rings. The van der Waals surface area contributed by atoms with Crippen LogP contribution in [-0.2, 0) is 11.8 Å². The number of imidazole rings is 1. The van der Waals surface area contributed by atoms with E-state index in [0.29, 0.717) is 12.0 Å². The Balaban J connectivity index is 1.61. The third-order valence-corrected chi connectivity index (χ3v) is 4.22.